The maximum atomic E-state index is 11.2. The second kappa shape index (κ2) is 5.84. The van der Waals surface area contributed by atoms with E-state index in [1.54, 1.807) is 0 Å². The molecule has 0 bridgehead atoms. The lowest BCUT2D eigenvalue weighted by molar-refractivity contribution is -0.136. The van der Waals surface area contributed by atoms with Crippen LogP contribution in [0.15, 0.2) is 0 Å². The predicted octanol–water partition coefficient (Wildman–Crippen LogP) is -1.33. The summed E-state index contributed by atoms with van der Waals surface area (Å²) in [6.45, 7) is 0. The van der Waals surface area contributed by atoms with Gasteiger partial charge in [0.05, 0.1) is 6.42 Å². The highest BCUT2D eigenvalue weighted by atomic mass is 16.6. The minimum absolute atomic E-state index is 0.254. The summed E-state index contributed by atoms with van der Waals surface area (Å²) in [6, 6.07) is 0. The van der Waals surface area contributed by atoms with Crippen LogP contribution in [0.3, 0.4) is 0 Å². The van der Waals surface area contributed by atoms with E-state index in [-0.39, 0.29) is 12.3 Å². The van der Waals surface area contributed by atoms with Gasteiger partial charge in [-0.3, -0.25) is 9.59 Å². The maximum absolute atomic E-state index is 11.2. The summed E-state index contributed by atoms with van der Waals surface area (Å²) in [5.41, 5.74) is 4.97. The van der Waals surface area contributed by atoms with Crippen LogP contribution >= 0.6 is 0 Å². The molecule has 0 aromatic heterocycles. The average molecular weight is 217 g/mol. The van der Waals surface area contributed by atoms with Gasteiger partial charge in [-0.15, -0.1) is 0 Å². The van der Waals surface area contributed by atoms with Crippen molar-refractivity contribution in [3.8, 4) is 0 Å². The lowest BCUT2D eigenvalue weighted by atomic mass is 10.2. The lowest BCUT2D eigenvalue weighted by Crippen LogP contribution is -2.39. The SMILES string of the molecule is CNC(=O)OC(CC(=O)N(C)C)C(N)=O. The third-order valence-electron chi connectivity index (χ3n) is 1.63. The van der Waals surface area contributed by atoms with Crippen LogP contribution in [-0.4, -0.2) is 50.1 Å². The quantitative estimate of drug-likeness (QED) is 0.609. The van der Waals surface area contributed by atoms with Crippen molar-refractivity contribution in [1.29, 1.82) is 0 Å². The van der Waals surface area contributed by atoms with Gasteiger partial charge in [0.1, 0.15) is 0 Å². The minimum atomic E-state index is -1.24. The van der Waals surface area contributed by atoms with E-state index in [1.165, 1.54) is 26.0 Å². The molecule has 0 spiro atoms. The molecule has 0 aliphatic rings. The predicted molar refractivity (Wildman–Crippen MR) is 51.8 cm³/mol. The highest BCUT2D eigenvalue weighted by Crippen LogP contribution is 2.01. The molecule has 7 nitrogen and oxygen atoms in total. The number of nitrogens with two attached hydrogens (primary N) is 1. The van der Waals surface area contributed by atoms with Gasteiger partial charge in [0.15, 0.2) is 6.10 Å². The van der Waals surface area contributed by atoms with Crippen molar-refractivity contribution >= 4 is 17.9 Å². The van der Waals surface area contributed by atoms with Gasteiger partial charge in [0.25, 0.3) is 5.91 Å². The summed E-state index contributed by atoms with van der Waals surface area (Å²) in [6.07, 6.45) is -2.29. The fourth-order valence-electron chi connectivity index (χ4n) is 0.730. The monoisotopic (exact) mass is 217 g/mol. The molecule has 3 amide bonds. The number of hydrogen-bond acceptors (Lipinski definition) is 4. The van der Waals surface area contributed by atoms with Crippen molar-refractivity contribution in [2.75, 3.05) is 21.1 Å². The molecule has 0 aliphatic heterocycles. The largest absolute Gasteiger partial charge is 0.436 e. The summed E-state index contributed by atoms with van der Waals surface area (Å²) in [7, 11) is 4.40. The first kappa shape index (κ1) is 13.2. The Morgan fingerprint density at radius 3 is 2.27 bits per heavy atom. The van der Waals surface area contributed by atoms with Crippen LogP contribution in [0.4, 0.5) is 4.79 Å². The van der Waals surface area contributed by atoms with E-state index in [4.69, 9.17) is 5.73 Å². The Morgan fingerprint density at radius 1 is 1.40 bits per heavy atom. The molecule has 0 aromatic rings. The van der Waals surface area contributed by atoms with Crippen LogP contribution < -0.4 is 11.1 Å². The van der Waals surface area contributed by atoms with Crippen LogP contribution in [0, 0.1) is 0 Å². The number of carbonyl (C=O) groups excluding carboxylic acids is 3. The summed E-state index contributed by atoms with van der Waals surface area (Å²) in [5, 5.41) is 2.16. The third-order valence-corrected chi connectivity index (χ3v) is 1.63. The number of ether oxygens (including phenoxy) is 1. The van der Waals surface area contributed by atoms with Gasteiger partial charge in [-0.2, -0.15) is 0 Å². The number of nitrogens with zero attached hydrogens (tertiary/aromatic N) is 1. The van der Waals surface area contributed by atoms with Gasteiger partial charge in [-0.25, -0.2) is 4.79 Å². The second-order valence-corrected chi connectivity index (χ2v) is 3.04. The van der Waals surface area contributed by atoms with Crippen molar-refractivity contribution in [2.45, 2.75) is 12.5 Å². The number of alkyl carbamates (subject to hydrolysis) is 1. The summed E-state index contributed by atoms with van der Waals surface area (Å²) in [4.78, 5) is 34.2. The summed E-state index contributed by atoms with van der Waals surface area (Å²) < 4.78 is 4.61. The van der Waals surface area contributed by atoms with Crippen molar-refractivity contribution in [3.05, 3.63) is 0 Å². The Morgan fingerprint density at radius 2 is 1.93 bits per heavy atom. The molecule has 0 saturated carbocycles. The van der Waals surface area contributed by atoms with Crippen LogP contribution in [0.5, 0.6) is 0 Å². The molecule has 0 radical (unpaired) electrons. The Kier molecular flexibility index (Phi) is 5.14. The van der Waals surface area contributed by atoms with E-state index in [0.717, 1.165) is 0 Å². The summed E-state index contributed by atoms with van der Waals surface area (Å²) >= 11 is 0. The van der Waals surface area contributed by atoms with E-state index >= 15 is 0 Å². The highest BCUT2D eigenvalue weighted by molar-refractivity contribution is 5.88. The van der Waals surface area contributed by atoms with Crippen LogP contribution in [0.1, 0.15) is 6.42 Å². The first-order valence-electron chi connectivity index (χ1n) is 4.26. The zero-order valence-electron chi connectivity index (χ0n) is 8.94. The Labute approximate surface area is 87.5 Å². The molecule has 0 fully saturated rings. The molecule has 1 unspecified atom stereocenters. The van der Waals surface area contributed by atoms with Crippen LogP contribution in [0.2, 0.25) is 0 Å². The first-order valence-corrected chi connectivity index (χ1v) is 4.26. The van der Waals surface area contributed by atoms with Crippen molar-refractivity contribution in [3.63, 3.8) is 0 Å². The third kappa shape index (κ3) is 4.84. The number of carbonyl (C=O) groups is 3. The highest BCUT2D eigenvalue weighted by Gasteiger charge is 2.23. The molecule has 86 valence electrons. The fourth-order valence-corrected chi connectivity index (χ4v) is 0.730. The molecule has 3 N–H and O–H groups in total. The van der Waals surface area contributed by atoms with Crippen molar-refractivity contribution in [1.82, 2.24) is 10.2 Å². The van der Waals surface area contributed by atoms with Gasteiger partial charge < -0.3 is 20.7 Å². The number of hydrogen-bond donors (Lipinski definition) is 2. The zero-order chi connectivity index (χ0) is 12.0. The molecule has 0 heterocycles. The lowest BCUT2D eigenvalue weighted by Gasteiger charge is -2.16. The van der Waals surface area contributed by atoms with E-state index in [9.17, 15) is 14.4 Å². The average Bonchev–Trinajstić information content (AvgIpc) is 2.15. The second-order valence-electron chi connectivity index (χ2n) is 3.04. The maximum Gasteiger partial charge on any atom is 0.407 e. The fraction of sp³-hybridized carbons (Fsp3) is 0.625. The molecule has 0 rings (SSSR count). The van der Waals surface area contributed by atoms with Crippen LogP contribution in [0.25, 0.3) is 0 Å². The van der Waals surface area contributed by atoms with Crippen molar-refractivity contribution < 1.29 is 19.1 Å². The molecule has 15 heavy (non-hydrogen) atoms. The van der Waals surface area contributed by atoms with Gasteiger partial charge in [-0.1, -0.05) is 0 Å². The van der Waals surface area contributed by atoms with Gasteiger partial charge in [-0.05, 0) is 0 Å². The smallest absolute Gasteiger partial charge is 0.407 e. The molecular formula is C8H15N3O4. The molecule has 0 saturated heterocycles. The van der Waals surface area contributed by atoms with E-state index < -0.39 is 18.1 Å². The van der Waals surface area contributed by atoms with Gasteiger partial charge in [0, 0.05) is 21.1 Å². The topological polar surface area (TPSA) is 102 Å². The van der Waals surface area contributed by atoms with E-state index in [2.05, 4.69) is 10.1 Å². The zero-order valence-corrected chi connectivity index (χ0v) is 8.94. The first-order chi connectivity index (χ1) is 6.88. The van der Waals surface area contributed by atoms with E-state index in [0.29, 0.717) is 0 Å². The van der Waals surface area contributed by atoms with E-state index in [1.807, 2.05) is 0 Å². The van der Waals surface area contributed by atoms with Crippen molar-refractivity contribution in [2.24, 2.45) is 5.73 Å². The normalized spacial score (nSPS) is 11.4. The van der Waals surface area contributed by atoms with Gasteiger partial charge in [0.2, 0.25) is 5.91 Å². The standard InChI is InChI=1S/C8H15N3O4/c1-10-8(14)15-5(7(9)13)4-6(12)11(2)3/h5H,4H2,1-3H3,(H2,9,13)(H,10,14). The Bertz CT molecular complexity index is 265. The number of nitrogens with one attached hydrogen (secondary N) is 1. The molecule has 0 aliphatic carbocycles. The Balaban J connectivity index is 4.35. The minimum Gasteiger partial charge on any atom is -0.436 e. The summed E-state index contributed by atoms with van der Waals surface area (Å²) in [5.74, 6) is -1.20. The molecule has 0 aromatic carbocycles. The number of primary amides is 1. The van der Waals surface area contributed by atoms with Crippen LogP contribution in [-0.2, 0) is 14.3 Å². The number of amides is 3. The molecule has 7 heteroatoms. The Hall–Kier alpha value is -1.79. The number of rotatable bonds is 4. The molecular weight excluding hydrogens is 202 g/mol. The van der Waals surface area contributed by atoms with Gasteiger partial charge >= 0.3 is 6.09 Å². The molecule has 1 atom stereocenters.